The fourth-order valence-electron chi connectivity index (χ4n) is 0.944. The van der Waals surface area contributed by atoms with Crippen molar-refractivity contribution in [2.45, 2.75) is 6.18 Å². The third kappa shape index (κ3) is 3.62. The third-order valence-corrected chi connectivity index (χ3v) is 2.16. The van der Waals surface area contributed by atoms with Gasteiger partial charge in [0.15, 0.2) is 18.1 Å². The second kappa shape index (κ2) is 4.74. The molecule has 0 amide bonds. The number of alkyl halides is 3. The van der Waals surface area contributed by atoms with Crippen molar-refractivity contribution >= 4 is 15.9 Å². The van der Waals surface area contributed by atoms with Gasteiger partial charge in [-0.3, -0.25) is 0 Å². The minimum absolute atomic E-state index is 0.0531. The predicted octanol–water partition coefficient (Wildman–Crippen LogP) is 3.40. The van der Waals surface area contributed by atoms with E-state index < -0.39 is 12.8 Å². The first kappa shape index (κ1) is 12.2. The number of para-hydroxylation sites is 1. The SMILES string of the molecule is COc1cccc(Br)c1OCC(F)(F)F. The summed E-state index contributed by atoms with van der Waals surface area (Å²) in [6.45, 7) is -1.34. The molecule has 0 atom stereocenters. The second-order valence-electron chi connectivity index (χ2n) is 2.68. The molecule has 0 N–H and O–H groups in total. The quantitative estimate of drug-likeness (QED) is 0.847. The van der Waals surface area contributed by atoms with Gasteiger partial charge in [-0.1, -0.05) is 6.07 Å². The molecule has 1 rings (SSSR count). The van der Waals surface area contributed by atoms with Gasteiger partial charge >= 0.3 is 6.18 Å². The first-order chi connectivity index (χ1) is 6.94. The number of halogens is 4. The summed E-state index contributed by atoms with van der Waals surface area (Å²) in [6, 6.07) is 4.74. The largest absolute Gasteiger partial charge is 0.493 e. The Hall–Kier alpha value is -0.910. The molecule has 0 saturated carbocycles. The van der Waals surface area contributed by atoms with E-state index >= 15 is 0 Å². The van der Waals surface area contributed by atoms with Crippen LogP contribution in [0.15, 0.2) is 22.7 Å². The number of benzene rings is 1. The van der Waals surface area contributed by atoms with Gasteiger partial charge in [0, 0.05) is 0 Å². The summed E-state index contributed by atoms with van der Waals surface area (Å²) in [4.78, 5) is 0. The lowest BCUT2D eigenvalue weighted by Gasteiger charge is -2.13. The summed E-state index contributed by atoms with van der Waals surface area (Å²) in [6.07, 6.45) is -4.36. The molecule has 0 bridgehead atoms. The van der Waals surface area contributed by atoms with Crippen LogP contribution in [0.4, 0.5) is 13.2 Å². The van der Waals surface area contributed by atoms with E-state index in [4.69, 9.17) is 4.74 Å². The molecule has 84 valence electrons. The van der Waals surface area contributed by atoms with Crippen molar-refractivity contribution in [3.63, 3.8) is 0 Å². The monoisotopic (exact) mass is 284 g/mol. The minimum Gasteiger partial charge on any atom is -0.493 e. The van der Waals surface area contributed by atoms with Crippen molar-refractivity contribution in [1.29, 1.82) is 0 Å². The Morgan fingerprint density at radius 1 is 1.33 bits per heavy atom. The van der Waals surface area contributed by atoms with Crippen LogP contribution in [0.2, 0.25) is 0 Å². The fourth-order valence-corrected chi connectivity index (χ4v) is 1.41. The van der Waals surface area contributed by atoms with Crippen LogP contribution in [-0.4, -0.2) is 19.9 Å². The van der Waals surface area contributed by atoms with Crippen molar-refractivity contribution in [3.8, 4) is 11.5 Å². The van der Waals surface area contributed by atoms with Gasteiger partial charge in [0.25, 0.3) is 0 Å². The molecule has 1 aromatic carbocycles. The van der Waals surface area contributed by atoms with Gasteiger partial charge in [-0.15, -0.1) is 0 Å². The van der Waals surface area contributed by atoms with Crippen LogP contribution in [0.25, 0.3) is 0 Å². The number of ether oxygens (including phenoxy) is 2. The van der Waals surface area contributed by atoms with Crippen LogP contribution >= 0.6 is 15.9 Å². The van der Waals surface area contributed by atoms with E-state index in [1.807, 2.05) is 0 Å². The highest BCUT2D eigenvalue weighted by atomic mass is 79.9. The highest BCUT2D eigenvalue weighted by Crippen LogP contribution is 2.35. The van der Waals surface area contributed by atoms with Gasteiger partial charge in [0.05, 0.1) is 11.6 Å². The maximum Gasteiger partial charge on any atom is 0.422 e. The first-order valence-corrected chi connectivity index (χ1v) is 4.75. The van der Waals surface area contributed by atoms with Crippen molar-refractivity contribution in [2.24, 2.45) is 0 Å². The van der Waals surface area contributed by atoms with E-state index in [9.17, 15) is 13.2 Å². The molecule has 0 aliphatic carbocycles. The Bertz CT molecular complexity index is 339. The van der Waals surface area contributed by atoms with Crippen molar-refractivity contribution in [3.05, 3.63) is 22.7 Å². The van der Waals surface area contributed by atoms with Crippen molar-refractivity contribution in [2.75, 3.05) is 13.7 Å². The fraction of sp³-hybridized carbons (Fsp3) is 0.333. The lowest BCUT2D eigenvalue weighted by molar-refractivity contribution is -0.153. The van der Waals surface area contributed by atoms with E-state index in [2.05, 4.69) is 20.7 Å². The molecule has 0 aliphatic heterocycles. The molecule has 15 heavy (non-hydrogen) atoms. The first-order valence-electron chi connectivity index (χ1n) is 3.96. The summed E-state index contributed by atoms with van der Waals surface area (Å²) in [5.41, 5.74) is 0. The highest BCUT2D eigenvalue weighted by Gasteiger charge is 2.29. The molecule has 2 nitrogen and oxygen atoms in total. The molecular formula is C9H8BrF3O2. The zero-order chi connectivity index (χ0) is 11.5. The summed E-state index contributed by atoms with van der Waals surface area (Å²) < 4.78 is 45.7. The maximum atomic E-state index is 11.9. The topological polar surface area (TPSA) is 18.5 Å². The second-order valence-corrected chi connectivity index (χ2v) is 3.53. The molecule has 0 heterocycles. The van der Waals surface area contributed by atoms with Crippen LogP contribution in [-0.2, 0) is 0 Å². The van der Waals surface area contributed by atoms with E-state index in [1.54, 1.807) is 12.1 Å². The van der Waals surface area contributed by atoms with Crippen LogP contribution in [0.5, 0.6) is 11.5 Å². The van der Waals surface area contributed by atoms with Crippen LogP contribution in [0.3, 0.4) is 0 Å². The normalized spacial score (nSPS) is 11.3. The minimum atomic E-state index is -4.36. The van der Waals surface area contributed by atoms with Gasteiger partial charge in [-0.05, 0) is 28.1 Å². The Labute approximate surface area is 93.1 Å². The molecule has 0 radical (unpaired) electrons. The molecule has 0 saturated heterocycles. The highest BCUT2D eigenvalue weighted by molar-refractivity contribution is 9.10. The van der Waals surface area contributed by atoms with Crippen molar-refractivity contribution in [1.82, 2.24) is 0 Å². The Kier molecular flexibility index (Phi) is 3.84. The zero-order valence-corrected chi connectivity index (χ0v) is 9.35. The van der Waals surface area contributed by atoms with E-state index in [1.165, 1.54) is 13.2 Å². The van der Waals surface area contributed by atoms with E-state index in [-0.39, 0.29) is 11.5 Å². The Morgan fingerprint density at radius 3 is 2.53 bits per heavy atom. The number of methoxy groups -OCH3 is 1. The molecule has 0 aromatic heterocycles. The van der Waals surface area contributed by atoms with Crippen LogP contribution in [0.1, 0.15) is 0 Å². The van der Waals surface area contributed by atoms with Gasteiger partial charge in [-0.2, -0.15) is 13.2 Å². The molecule has 1 aromatic rings. The smallest absolute Gasteiger partial charge is 0.422 e. The number of hydrogen-bond acceptors (Lipinski definition) is 2. The average molecular weight is 285 g/mol. The van der Waals surface area contributed by atoms with Gasteiger partial charge < -0.3 is 9.47 Å². The summed E-state index contributed by atoms with van der Waals surface area (Å²) in [7, 11) is 1.36. The zero-order valence-electron chi connectivity index (χ0n) is 7.77. The summed E-state index contributed by atoms with van der Waals surface area (Å²) in [5.74, 6) is 0.311. The van der Waals surface area contributed by atoms with E-state index in [0.29, 0.717) is 4.47 Å². The molecular weight excluding hydrogens is 277 g/mol. The molecule has 0 spiro atoms. The third-order valence-electron chi connectivity index (χ3n) is 1.53. The lowest BCUT2D eigenvalue weighted by atomic mass is 10.3. The van der Waals surface area contributed by atoms with Crippen molar-refractivity contribution < 1.29 is 22.6 Å². The van der Waals surface area contributed by atoms with Crippen LogP contribution < -0.4 is 9.47 Å². The number of hydrogen-bond donors (Lipinski definition) is 0. The standard InChI is InChI=1S/C9H8BrF3O2/c1-14-7-4-2-3-6(10)8(7)15-5-9(11,12)13/h2-4H,5H2,1H3. The Morgan fingerprint density at radius 2 is 2.00 bits per heavy atom. The van der Waals surface area contributed by atoms with Gasteiger partial charge in [0.2, 0.25) is 0 Å². The lowest BCUT2D eigenvalue weighted by Crippen LogP contribution is -2.19. The molecule has 0 aliphatic rings. The Balaban J connectivity index is 2.83. The van der Waals surface area contributed by atoms with Gasteiger partial charge in [0.1, 0.15) is 0 Å². The maximum absolute atomic E-state index is 11.9. The molecule has 6 heteroatoms. The predicted molar refractivity (Wildman–Crippen MR) is 52.2 cm³/mol. The summed E-state index contributed by atoms with van der Waals surface area (Å²) in [5, 5.41) is 0. The average Bonchev–Trinajstić information content (AvgIpc) is 2.14. The summed E-state index contributed by atoms with van der Waals surface area (Å²) >= 11 is 3.08. The van der Waals surface area contributed by atoms with Crippen LogP contribution in [0, 0.1) is 0 Å². The molecule has 0 unspecified atom stereocenters. The number of rotatable bonds is 3. The molecule has 0 fully saturated rings. The van der Waals surface area contributed by atoms with Gasteiger partial charge in [-0.25, -0.2) is 0 Å². The van der Waals surface area contributed by atoms with E-state index in [0.717, 1.165) is 0 Å².